The Hall–Kier alpha value is -1.21. The van der Waals surface area contributed by atoms with E-state index >= 15 is 0 Å². The van der Waals surface area contributed by atoms with E-state index in [9.17, 15) is 4.79 Å². The van der Waals surface area contributed by atoms with Crippen LogP contribution in [0, 0.1) is 17.4 Å². The van der Waals surface area contributed by atoms with Crippen molar-refractivity contribution in [3.05, 3.63) is 11.8 Å². The molecule has 1 fully saturated rings. The molecule has 0 bridgehead atoms. The van der Waals surface area contributed by atoms with Gasteiger partial charge >= 0.3 is 0 Å². The van der Waals surface area contributed by atoms with Crippen LogP contribution in [-0.2, 0) is 4.79 Å². The van der Waals surface area contributed by atoms with Crippen LogP contribution in [0.15, 0.2) is 11.8 Å². The van der Waals surface area contributed by atoms with Gasteiger partial charge in [0.1, 0.15) is 0 Å². The first-order valence-electron chi connectivity index (χ1n) is 4.71. The molecule has 1 unspecified atom stereocenters. The molecule has 2 aliphatic rings. The summed E-state index contributed by atoms with van der Waals surface area (Å²) in [5.74, 6) is 0.000463. The molecule has 1 amide bonds. The van der Waals surface area contributed by atoms with Crippen LogP contribution in [0.4, 0.5) is 0 Å². The maximum absolute atomic E-state index is 11.5. The summed E-state index contributed by atoms with van der Waals surface area (Å²) in [5, 5.41) is 8.87. The lowest BCUT2D eigenvalue weighted by atomic mass is 9.85. The summed E-state index contributed by atoms with van der Waals surface area (Å²) in [5.41, 5.74) is 0.873. The topological polar surface area (TPSA) is 44.1 Å². The smallest absolute Gasteiger partial charge is 0.267 e. The van der Waals surface area contributed by atoms with Crippen LogP contribution in [0.5, 0.6) is 0 Å². The standard InChI is InChI=1S/C10H10N2OS/c11-6-12-8-4-2-1-3-7(8)5-9(14)10(12)13/h4,7H,1-3,5H2. The number of thiocarbonyl (C=S) groups is 1. The summed E-state index contributed by atoms with van der Waals surface area (Å²) < 4.78 is 0. The van der Waals surface area contributed by atoms with Gasteiger partial charge in [0.2, 0.25) is 0 Å². The van der Waals surface area contributed by atoms with Gasteiger partial charge in [-0.2, -0.15) is 5.26 Å². The number of allylic oxidation sites excluding steroid dienone is 2. The van der Waals surface area contributed by atoms with Crippen molar-refractivity contribution in [1.82, 2.24) is 4.90 Å². The van der Waals surface area contributed by atoms with E-state index in [1.807, 2.05) is 12.3 Å². The van der Waals surface area contributed by atoms with Gasteiger partial charge in [-0.25, -0.2) is 4.90 Å². The fourth-order valence-corrected chi connectivity index (χ4v) is 2.36. The van der Waals surface area contributed by atoms with Crippen LogP contribution in [0.25, 0.3) is 0 Å². The van der Waals surface area contributed by atoms with E-state index in [2.05, 4.69) is 0 Å². The second kappa shape index (κ2) is 3.50. The highest BCUT2D eigenvalue weighted by Gasteiger charge is 2.35. The molecule has 3 nitrogen and oxygen atoms in total. The minimum atomic E-state index is -0.299. The molecule has 2 rings (SSSR count). The molecule has 0 spiro atoms. The first kappa shape index (κ1) is 9.35. The Morgan fingerprint density at radius 3 is 3.14 bits per heavy atom. The Morgan fingerprint density at radius 2 is 2.43 bits per heavy atom. The maximum Gasteiger partial charge on any atom is 0.278 e. The van der Waals surface area contributed by atoms with Crippen LogP contribution < -0.4 is 0 Å². The van der Waals surface area contributed by atoms with Crippen molar-refractivity contribution < 1.29 is 4.79 Å². The molecule has 14 heavy (non-hydrogen) atoms. The van der Waals surface area contributed by atoms with Crippen molar-refractivity contribution in [2.75, 3.05) is 0 Å². The maximum atomic E-state index is 11.5. The molecule has 1 heterocycles. The van der Waals surface area contributed by atoms with Crippen LogP contribution in [-0.4, -0.2) is 15.7 Å². The first-order chi connectivity index (χ1) is 6.74. The minimum Gasteiger partial charge on any atom is -0.267 e. The number of rotatable bonds is 0. The lowest BCUT2D eigenvalue weighted by Gasteiger charge is -2.33. The number of carbonyl (C=O) groups is 1. The van der Waals surface area contributed by atoms with E-state index in [1.165, 1.54) is 0 Å². The molecule has 1 saturated heterocycles. The predicted octanol–water partition coefficient (Wildman–Crippen LogP) is 1.75. The molecule has 4 heteroatoms. The molecule has 0 aromatic rings. The molecule has 0 saturated carbocycles. The van der Waals surface area contributed by atoms with Gasteiger partial charge < -0.3 is 0 Å². The second-order valence-corrected chi connectivity index (χ2v) is 4.12. The van der Waals surface area contributed by atoms with Gasteiger partial charge in [0, 0.05) is 11.6 Å². The van der Waals surface area contributed by atoms with Crippen LogP contribution in [0.1, 0.15) is 25.7 Å². The number of carbonyl (C=O) groups excluding carboxylic acids is 1. The van der Waals surface area contributed by atoms with E-state index < -0.39 is 0 Å². The largest absolute Gasteiger partial charge is 0.278 e. The summed E-state index contributed by atoms with van der Waals surface area (Å²) in [6, 6.07) is 0. The van der Waals surface area contributed by atoms with E-state index in [0.717, 1.165) is 29.9 Å². The zero-order chi connectivity index (χ0) is 10.1. The number of hydrogen-bond donors (Lipinski definition) is 0. The highest BCUT2D eigenvalue weighted by molar-refractivity contribution is 7.82. The van der Waals surface area contributed by atoms with Gasteiger partial charge in [0.05, 0.1) is 4.86 Å². The number of nitrogens with zero attached hydrogens (tertiary/aromatic N) is 2. The average molecular weight is 206 g/mol. The minimum absolute atomic E-state index is 0.299. The molecule has 0 aromatic heterocycles. The second-order valence-electron chi connectivity index (χ2n) is 3.62. The quantitative estimate of drug-likeness (QED) is 0.448. The Bertz CT molecular complexity index is 367. The number of fused-ring (bicyclic) bond motifs is 1. The monoisotopic (exact) mass is 206 g/mol. The lowest BCUT2D eigenvalue weighted by molar-refractivity contribution is -0.120. The molecule has 1 atom stereocenters. The summed E-state index contributed by atoms with van der Waals surface area (Å²) in [7, 11) is 0. The fraction of sp³-hybridized carbons (Fsp3) is 0.500. The van der Waals surface area contributed by atoms with Gasteiger partial charge in [-0.05, 0) is 25.7 Å². The van der Waals surface area contributed by atoms with Crippen molar-refractivity contribution in [2.45, 2.75) is 25.7 Å². The Kier molecular flexibility index (Phi) is 2.34. The van der Waals surface area contributed by atoms with Crippen molar-refractivity contribution in [3.8, 4) is 6.19 Å². The molecular weight excluding hydrogens is 196 g/mol. The van der Waals surface area contributed by atoms with Gasteiger partial charge in [-0.3, -0.25) is 4.79 Å². The zero-order valence-corrected chi connectivity index (χ0v) is 8.51. The van der Waals surface area contributed by atoms with Crippen LogP contribution in [0.2, 0.25) is 0 Å². The predicted molar refractivity (Wildman–Crippen MR) is 55.1 cm³/mol. The third-order valence-corrected chi connectivity index (χ3v) is 3.10. The molecule has 0 aromatic carbocycles. The summed E-state index contributed by atoms with van der Waals surface area (Å²) in [4.78, 5) is 13.1. The molecule has 0 N–H and O–H groups in total. The van der Waals surface area contributed by atoms with Crippen LogP contribution in [0.3, 0.4) is 0 Å². The third kappa shape index (κ3) is 1.34. The number of piperidine rings is 1. The van der Waals surface area contributed by atoms with E-state index in [-0.39, 0.29) is 5.91 Å². The SMILES string of the molecule is N#CN1C(=O)C(=S)CC2CCCC=C21. The van der Waals surface area contributed by atoms with Crippen molar-refractivity contribution in [2.24, 2.45) is 5.92 Å². The number of amides is 1. The summed E-state index contributed by atoms with van der Waals surface area (Å²) >= 11 is 4.97. The summed E-state index contributed by atoms with van der Waals surface area (Å²) in [6.07, 6.45) is 7.69. The van der Waals surface area contributed by atoms with E-state index in [4.69, 9.17) is 17.5 Å². The average Bonchev–Trinajstić information content (AvgIpc) is 2.20. The van der Waals surface area contributed by atoms with Gasteiger partial charge in [-0.15, -0.1) is 0 Å². The lowest BCUT2D eigenvalue weighted by Crippen LogP contribution is -2.41. The Balaban J connectivity index is 2.36. The third-order valence-electron chi connectivity index (χ3n) is 2.76. The van der Waals surface area contributed by atoms with Crippen molar-refractivity contribution in [1.29, 1.82) is 5.26 Å². The highest BCUT2D eigenvalue weighted by atomic mass is 32.1. The molecule has 72 valence electrons. The summed E-state index contributed by atoms with van der Waals surface area (Å²) in [6.45, 7) is 0. The molecular formula is C10H10N2OS. The number of hydrogen-bond acceptors (Lipinski definition) is 3. The Labute approximate surface area is 88.0 Å². The van der Waals surface area contributed by atoms with Crippen molar-refractivity contribution >= 4 is 23.0 Å². The molecule has 0 radical (unpaired) electrons. The van der Waals surface area contributed by atoms with E-state index in [1.54, 1.807) is 0 Å². The van der Waals surface area contributed by atoms with Gasteiger partial charge in [-0.1, -0.05) is 18.3 Å². The fourth-order valence-electron chi connectivity index (χ4n) is 2.07. The molecule has 1 aliphatic heterocycles. The number of nitriles is 1. The van der Waals surface area contributed by atoms with Crippen LogP contribution >= 0.6 is 12.2 Å². The molecule has 1 aliphatic carbocycles. The van der Waals surface area contributed by atoms with E-state index in [0.29, 0.717) is 17.2 Å². The van der Waals surface area contributed by atoms with Gasteiger partial charge in [0.25, 0.3) is 5.91 Å². The zero-order valence-electron chi connectivity index (χ0n) is 7.69. The number of likely N-dealkylation sites (tertiary alicyclic amines) is 1. The Morgan fingerprint density at radius 1 is 1.64 bits per heavy atom. The van der Waals surface area contributed by atoms with Gasteiger partial charge in [0.15, 0.2) is 6.19 Å². The van der Waals surface area contributed by atoms with Crippen molar-refractivity contribution in [3.63, 3.8) is 0 Å². The highest BCUT2D eigenvalue weighted by Crippen LogP contribution is 2.34. The normalized spacial score (nSPS) is 26.6. The first-order valence-corrected chi connectivity index (χ1v) is 5.12.